The van der Waals surface area contributed by atoms with E-state index in [0.29, 0.717) is 27.7 Å². The van der Waals surface area contributed by atoms with Crippen LogP contribution in [0.25, 0.3) is 16.8 Å². The van der Waals surface area contributed by atoms with Crippen LogP contribution in [0.5, 0.6) is 5.75 Å². The zero-order valence-electron chi connectivity index (χ0n) is 14.4. The standard InChI is InChI=1S/C20H16FN3O2S/c1-26-17-5-3-2-4-15(17)24-10-16(25)18(19(24)22)20-23-14(11-27-20)12-6-8-13(21)9-7-12/h2-9,11,22,25H,10H2,1H3. The number of ether oxygens (including phenoxy) is 1. The minimum absolute atomic E-state index is 0.0888. The van der Waals surface area contributed by atoms with Gasteiger partial charge in [-0.05, 0) is 36.4 Å². The molecule has 4 rings (SSSR count). The maximum atomic E-state index is 13.1. The van der Waals surface area contributed by atoms with Crippen LogP contribution in [0.15, 0.2) is 59.7 Å². The van der Waals surface area contributed by atoms with Gasteiger partial charge in [0.2, 0.25) is 0 Å². The number of benzene rings is 2. The van der Waals surface area contributed by atoms with Crippen LogP contribution in [-0.4, -0.2) is 29.6 Å². The van der Waals surface area contributed by atoms with Gasteiger partial charge < -0.3 is 14.7 Å². The number of anilines is 1. The molecule has 0 spiro atoms. The molecule has 7 heteroatoms. The summed E-state index contributed by atoms with van der Waals surface area (Å²) in [5.74, 6) is 0.574. The van der Waals surface area contributed by atoms with Crippen LogP contribution in [-0.2, 0) is 0 Å². The number of hydrogen-bond acceptors (Lipinski definition) is 5. The lowest BCUT2D eigenvalue weighted by molar-refractivity contribution is 0.407. The van der Waals surface area contributed by atoms with Crippen LogP contribution in [0.4, 0.5) is 10.1 Å². The molecule has 2 heterocycles. The van der Waals surface area contributed by atoms with E-state index in [1.54, 1.807) is 24.1 Å². The Hall–Kier alpha value is -3.19. The molecule has 0 saturated carbocycles. The second-order valence-electron chi connectivity index (χ2n) is 5.97. The van der Waals surface area contributed by atoms with Gasteiger partial charge in [0, 0.05) is 10.9 Å². The molecular weight excluding hydrogens is 365 g/mol. The third-order valence-electron chi connectivity index (χ3n) is 4.34. The van der Waals surface area contributed by atoms with E-state index in [4.69, 9.17) is 10.1 Å². The number of thiazole rings is 1. The molecule has 27 heavy (non-hydrogen) atoms. The van der Waals surface area contributed by atoms with E-state index >= 15 is 0 Å². The summed E-state index contributed by atoms with van der Waals surface area (Å²) in [5.41, 5.74) is 2.57. The molecule has 1 aliphatic heterocycles. The van der Waals surface area contributed by atoms with Gasteiger partial charge >= 0.3 is 0 Å². The van der Waals surface area contributed by atoms with Gasteiger partial charge in [-0.1, -0.05) is 12.1 Å². The molecule has 0 unspecified atom stereocenters. The van der Waals surface area contributed by atoms with Gasteiger partial charge in [0.15, 0.2) is 0 Å². The molecule has 5 nitrogen and oxygen atoms in total. The Kier molecular flexibility index (Phi) is 4.37. The minimum atomic E-state index is -0.306. The van der Waals surface area contributed by atoms with E-state index in [1.165, 1.54) is 23.5 Å². The van der Waals surface area contributed by atoms with Gasteiger partial charge in [0.05, 0.1) is 30.6 Å². The van der Waals surface area contributed by atoms with E-state index in [9.17, 15) is 9.50 Å². The Morgan fingerprint density at radius 3 is 2.67 bits per heavy atom. The van der Waals surface area contributed by atoms with Crippen molar-refractivity contribution in [2.45, 2.75) is 0 Å². The normalized spacial score (nSPS) is 14.1. The molecule has 1 aromatic heterocycles. The lowest BCUT2D eigenvalue weighted by Gasteiger charge is -2.21. The molecule has 2 N–H and O–H groups in total. The molecule has 0 saturated heterocycles. The highest BCUT2D eigenvalue weighted by molar-refractivity contribution is 7.11. The van der Waals surface area contributed by atoms with Crippen molar-refractivity contribution < 1.29 is 14.2 Å². The first-order valence-electron chi connectivity index (χ1n) is 8.22. The van der Waals surface area contributed by atoms with Crippen molar-refractivity contribution in [3.8, 4) is 17.0 Å². The Morgan fingerprint density at radius 1 is 1.19 bits per heavy atom. The third kappa shape index (κ3) is 3.06. The topological polar surface area (TPSA) is 69.4 Å². The van der Waals surface area contributed by atoms with Gasteiger partial charge in [-0.3, -0.25) is 5.41 Å². The number of nitrogens with zero attached hydrogens (tertiary/aromatic N) is 2. The number of halogens is 1. The van der Waals surface area contributed by atoms with Crippen LogP contribution < -0.4 is 9.64 Å². The van der Waals surface area contributed by atoms with Crippen LogP contribution in [0.3, 0.4) is 0 Å². The van der Waals surface area contributed by atoms with Gasteiger partial charge in [-0.15, -0.1) is 11.3 Å². The summed E-state index contributed by atoms with van der Waals surface area (Å²) in [6.07, 6.45) is 0. The fourth-order valence-corrected chi connectivity index (χ4v) is 3.90. The predicted octanol–water partition coefficient (Wildman–Crippen LogP) is 4.72. The van der Waals surface area contributed by atoms with E-state index in [-0.39, 0.29) is 24.0 Å². The maximum absolute atomic E-state index is 13.1. The first kappa shape index (κ1) is 17.2. The predicted molar refractivity (Wildman–Crippen MR) is 105 cm³/mol. The van der Waals surface area contributed by atoms with Crippen molar-refractivity contribution in [1.82, 2.24) is 4.98 Å². The van der Waals surface area contributed by atoms with Gasteiger partial charge in [0.1, 0.15) is 28.2 Å². The van der Waals surface area contributed by atoms with Gasteiger partial charge in [-0.25, -0.2) is 9.37 Å². The van der Waals surface area contributed by atoms with Crippen LogP contribution in [0.1, 0.15) is 5.01 Å². The number of methoxy groups -OCH3 is 1. The third-order valence-corrected chi connectivity index (χ3v) is 5.20. The number of aliphatic hydroxyl groups is 1. The van der Waals surface area contributed by atoms with E-state index in [0.717, 1.165) is 5.56 Å². The molecule has 0 fully saturated rings. The fourth-order valence-electron chi connectivity index (χ4n) is 3.00. The summed E-state index contributed by atoms with van der Waals surface area (Å²) in [7, 11) is 1.57. The number of rotatable bonds is 4. The van der Waals surface area contributed by atoms with Crippen molar-refractivity contribution in [1.29, 1.82) is 5.41 Å². The minimum Gasteiger partial charge on any atom is -0.510 e. The highest BCUT2D eigenvalue weighted by Crippen LogP contribution is 2.37. The lowest BCUT2D eigenvalue weighted by atomic mass is 10.2. The summed E-state index contributed by atoms with van der Waals surface area (Å²) in [5, 5.41) is 21.4. The molecule has 3 aromatic rings. The van der Waals surface area contributed by atoms with Crippen molar-refractivity contribution in [2.24, 2.45) is 0 Å². The van der Waals surface area contributed by atoms with Crippen molar-refractivity contribution >= 4 is 28.4 Å². The summed E-state index contributed by atoms with van der Waals surface area (Å²) >= 11 is 1.34. The summed E-state index contributed by atoms with van der Waals surface area (Å²) < 4.78 is 18.5. The number of amidine groups is 1. The molecule has 0 atom stereocenters. The molecule has 0 aliphatic carbocycles. The van der Waals surface area contributed by atoms with Crippen LogP contribution in [0.2, 0.25) is 0 Å². The Bertz CT molecular complexity index is 1040. The number of nitrogens with one attached hydrogen (secondary N) is 1. The van der Waals surface area contributed by atoms with Gasteiger partial charge in [0.25, 0.3) is 0 Å². The average molecular weight is 381 g/mol. The SMILES string of the molecule is COc1ccccc1N1CC(O)=C(c2nc(-c3ccc(F)cc3)cs2)C1=N. The fraction of sp³-hybridized carbons (Fsp3) is 0.100. The van der Waals surface area contributed by atoms with Crippen LogP contribution >= 0.6 is 11.3 Å². The van der Waals surface area contributed by atoms with E-state index < -0.39 is 0 Å². The largest absolute Gasteiger partial charge is 0.510 e. The second-order valence-corrected chi connectivity index (χ2v) is 6.83. The smallest absolute Gasteiger partial charge is 0.142 e. The Morgan fingerprint density at radius 2 is 1.93 bits per heavy atom. The zero-order chi connectivity index (χ0) is 19.0. The van der Waals surface area contributed by atoms with Gasteiger partial charge in [-0.2, -0.15) is 0 Å². The van der Waals surface area contributed by atoms with E-state index in [2.05, 4.69) is 4.98 Å². The van der Waals surface area contributed by atoms with Crippen LogP contribution in [0, 0.1) is 11.2 Å². The van der Waals surface area contributed by atoms with Crippen molar-refractivity contribution in [2.75, 3.05) is 18.6 Å². The molecule has 2 aromatic carbocycles. The van der Waals surface area contributed by atoms with Crippen molar-refractivity contribution in [3.05, 3.63) is 70.5 Å². The first-order chi connectivity index (χ1) is 13.1. The first-order valence-corrected chi connectivity index (χ1v) is 9.10. The number of para-hydroxylation sites is 2. The summed E-state index contributed by atoms with van der Waals surface area (Å²) in [6.45, 7) is 0.181. The monoisotopic (exact) mass is 381 g/mol. The number of aromatic nitrogens is 1. The average Bonchev–Trinajstić information content (AvgIpc) is 3.26. The summed E-state index contributed by atoms with van der Waals surface area (Å²) in [6, 6.07) is 13.4. The molecule has 0 amide bonds. The zero-order valence-corrected chi connectivity index (χ0v) is 15.3. The highest BCUT2D eigenvalue weighted by atomic mass is 32.1. The molecule has 0 bridgehead atoms. The van der Waals surface area contributed by atoms with E-state index in [1.807, 2.05) is 29.6 Å². The molecular formula is C20H16FN3O2S. The number of hydrogen-bond donors (Lipinski definition) is 2. The molecule has 136 valence electrons. The second kappa shape index (κ2) is 6.85. The summed E-state index contributed by atoms with van der Waals surface area (Å²) in [4.78, 5) is 6.23. The maximum Gasteiger partial charge on any atom is 0.142 e. The van der Waals surface area contributed by atoms with Crippen molar-refractivity contribution in [3.63, 3.8) is 0 Å². The lowest BCUT2D eigenvalue weighted by Crippen LogP contribution is -2.26. The Labute approximate surface area is 159 Å². The molecule has 0 radical (unpaired) electrons. The quantitative estimate of drug-likeness (QED) is 0.686. The molecule has 1 aliphatic rings. The number of aliphatic hydroxyl groups excluding tert-OH is 1. The Balaban J connectivity index is 1.66. The highest BCUT2D eigenvalue weighted by Gasteiger charge is 2.32.